The molecule has 0 aromatic heterocycles. The van der Waals surface area contributed by atoms with Gasteiger partial charge in [0.15, 0.2) is 0 Å². The molecule has 1 aromatic rings. The molecule has 0 fully saturated rings. The Morgan fingerprint density at radius 2 is 2.16 bits per heavy atom. The Morgan fingerprint density at radius 3 is 2.84 bits per heavy atom. The van der Waals surface area contributed by atoms with Crippen LogP contribution in [-0.4, -0.2) is 19.1 Å². The summed E-state index contributed by atoms with van der Waals surface area (Å²) in [5.41, 5.74) is 3.51. The van der Waals surface area contributed by atoms with Gasteiger partial charge in [-0.25, -0.2) is 4.79 Å². The first-order valence-corrected chi connectivity index (χ1v) is 6.66. The number of hydrogen-bond acceptors (Lipinski definition) is 3. The first-order chi connectivity index (χ1) is 9.08. The monoisotopic (exact) mass is 261 g/mol. The van der Waals surface area contributed by atoms with Crippen molar-refractivity contribution in [1.82, 2.24) is 5.32 Å². The summed E-state index contributed by atoms with van der Waals surface area (Å²) in [4.78, 5) is 11.2. The topological polar surface area (TPSA) is 38.3 Å². The Bertz CT molecular complexity index is 434. The highest BCUT2D eigenvalue weighted by atomic mass is 16.5. The molecule has 0 saturated carbocycles. The van der Waals surface area contributed by atoms with Gasteiger partial charge in [-0.05, 0) is 39.3 Å². The molecule has 0 spiro atoms. The molecule has 0 bridgehead atoms. The summed E-state index contributed by atoms with van der Waals surface area (Å²) in [5.74, 6) is -0.251. The number of carbonyl (C=O) groups excluding carboxylic acids is 1. The van der Waals surface area contributed by atoms with E-state index in [0.717, 1.165) is 25.1 Å². The van der Waals surface area contributed by atoms with Crippen molar-refractivity contribution in [3.8, 4) is 0 Å². The van der Waals surface area contributed by atoms with Crippen molar-refractivity contribution in [3.05, 3.63) is 47.0 Å². The van der Waals surface area contributed by atoms with Crippen LogP contribution in [0.4, 0.5) is 0 Å². The van der Waals surface area contributed by atoms with E-state index in [2.05, 4.69) is 36.5 Å². The van der Waals surface area contributed by atoms with E-state index in [4.69, 9.17) is 4.74 Å². The standard InChI is InChI=1S/C16H23NO2/c1-13(2)10-16(18)19-9-5-8-17-12-15-7-4-6-14(3)11-15/h4,6-7,10-11,17H,5,8-9,12H2,1-3H3. The number of nitrogens with one attached hydrogen (secondary N) is 1. The lowest BCUT2D eigenvalue weighted by Gasteiger charge is -2.06. The van der Waals surface area contributed by atoms with Gasteiger partial charge in [-0.15, -0.1) is 0 Å². The molecule has 1 aromatic carbocycles. The third kappa shape index (κ3) is 7.42. The number of ether oxygens (including phenoxy) is 1. The number of esters is 1. The summed E-state index contributed by atoms with van der Waals surface area (Å²) < 4.78 is 5.07. The molecule has 0 aliphatic heterocycles. The summed E-state index contributed by atoms with van der Waals surface area (Å²) in [6.07, 6.45) is 2.34. The quantitative estimate of drug-likeness (QED) is 0.466. The van der Waals surface area contributed by atoms with Gasteiger partial charge in [0.05, 0.1) is 6.61 Å². The molecule has 104 valence electrons. The van der Waals surface area contributed by atoms with E-state index in [-0.39, 0.29) is 5.97 Å². The molecular formula is C16H23NO2. The third-order valence-corrected chi connectivity index (χ3v) is 2.56. The number of hydrogen-bond donors (Lipinski definition) is 1. The summed E-state index contributed by atoms with van der Waals surface area (Å²) in [6, 6.07) is 8.43. The highest BCUT2D eigenvalue weighted by Crippen LogP contribution is 2.03. The van der Waals surface area contributed by atoms with Gasteiger partial charge in [0.1, 0.15) is 0 Å². The van der Waals surface area contributed by atoms with Crippen molar-refractivity contribution in [3.63, 3.8) is 0 Å². The number of carbonyl (C=O) groups is 1. The smallest absolute Gasteiger partial charge is 0.330 e. The van der Waals surface area contributed by atoms with Gasteiger partial charge in [0, 0.05) is 12.6 Å². The minimum absolute atomic E-state index is 0.251. The summed E-state index contributed by atoms with van der Waals surface area (Å²) in [5, 5.41) is 3.34. The Hall–Kier alpha value is -1.61. The van der Waals surface area contributed by atoms with Crippen molar-refractivity contribution in [2.75, 3.05) is 13.2 Å². The van der Waals surface area contributed by atoms with Gasteiger partial charge in [0.25, 0.3) is 0 Å². The van der Waals surface area contributed by atoms with Crippen LogP contribution in [0.1, 0.15) is 31.4 Å². The van der Waals surface area contributed by atoms with Gasteiger partial charge in [-0.3, -0.25) is 0 Å². The first-order valence-electron chi connectivity index (χ1n) is 6.66. The average Bonchev–Trinajstić information content (AvgIpc) is 2.32. The molecule has 0 unspecified atom stereocenters. The maximum atomic E-state index is 11.2. The predicted octanol–water partition coefficient (Wildman–Crippen LogP) is 2.98. The molecule has 0 aliphatic rings. The van der Waals surface area contributed by atoms with Crippen LogP contribution < -0.4 is 5.32 Å². The zero-order valence-electron chi connectivity index (χ0n) is 12.0. The molecule has 19 heavy (non-hydrogen) atoms. The van der Waals surface area contributed by atoms with Crippen LogP contribution in [0.25, 0.3) is 0 Å². The van der Waals surface area contributed by atoms with E-state index in [1.54, 1.807) is 0 Å². The molecule has 0 heterocycles. The molecule has 0 radical (unpaired) electrons. The second-order valence-electron chi connectivity index (χ2n) is 4.91. The molecular weight excluding hydrogens is 238 g/mol. The fraction of sp³-hybridized carbons (Fsp3) is 0.438. The van der Waals surface area contributed by atoms with Crippen LogP contribution in [0.2, 0.25) is 0 Å². The molecule has 1 rings (SSSR count). The summed E-state index contributed by atoms with van der Waals surface area (Å²) >= 11 is 0. The minimum atomic E-state index is -0.251. The molecule has 0 aliphatic carbocycles. The van der Waals surface area contributed by atoms with Gasteiger partial charge < -0.3 is 10.1 Å². The van der Waals surface area contributed by atoms with E-state index in [1.165, 1.54) is 17.2 Å². The van der Waals surface area contributed by atoms with Crippen molar-refractivity contribution in [2.45, 2.75) is 33.7 Å². The van der Waals surface area contributed by atoms with Crippen LogP contribution in [0, 0.1) is 6.92 Å². The van der Waals surface area contributed by atoms with Gasteiger partial charge in [-0.1, -0.05) is 35.4 Å². The lowest BCUT2D eigenvalue weighted by Crippen LogP contribution is -2.17. The molecule has 0 atom stereocenters. The Morgan fingerprint density at radius 1 is 1.37 bits per heavy atom. The van der Waals surface area contributed by atoms with E-state index in [1.807, 2.05) is 13.8 Å². The van der Waals surface area contributed by atoms with Gasteiger partial charge in [0.2, 0.25) is 0 Å². The molecule has 0 saturated heterocycles. The third-order valence-electron chi connectivity index (χ3n) is 2.56. The van der Waals surface area contributed by atoms with Crippen LogP contribution in [0.5, 0.6) is 0 Å². The van der Waals surface area contributed by atoms with E-state index < -0.39 is 0 Å². The van der Waals surface area contributed by atoms with Crippen LogP contribution >= 0.6 is 0 Å². The van der Waals surface area contributed by atoms with Crippen molar-refractivity contribution < 1.29 is 9.53 Å². The number of rotatable bonds is 7. The first kappa shape index (κ1) is 15.4. The van der Waals surface area contributed by atoms with Crippen molar-refractivity contribution in [2.24, 2.45) is 0 Å². The highest BCUT2D eigenvalue weighted by molar-refractivity contribution is 5.82. The van der Waals surface area contributed by atoms with E-state index >= 15 is 0 Å². The second kappa shape index (κ2) is 8.48. The lowest BCUT2D eigenvalue weighted by atomic mass is 10.1. The zero-order chi connectivity index (χ0) is 14.1. The molecule has 1 N–H and O–H groups in total. The number of allylic oxidation sites excluding steroid dienone is 1. The fourth-order valence-electron chi connectivity index (χ4n) is 1.70. The fourth-order valence-corrected chi connectivity index (χ4v) is 1.70. The average molecular weight is 261 g/mol. The van der Waals surface area contributed by atoms with Gasteiger partial charge in [-0.2, -0.15) is 0 Å². The summed E-state index contributed by atoms with van der Waals surface area (Å²) in [6.45, 7) is 8.00. The Balaban J connectivity index is 2.09. The Kier molecular flexibility index (Phi) is 6.90. The highest BCUT2D eigenvalue weighted by Gasteiger charge is 1.97. The Labute approximate surface area is 115 Å². The van der Waals surface area contributed by atoms with Crippen LogP contribution in [0.3, 0.4) is 0 Å². The molecule has 3 nitrogen and oxygen atoms in total. The van der Waals surface area contributed by atoms with E-state index in [0.29, 0.717) is 6.61 Å². The summed E-state index contributed by atoms with van der Waals surface area (Å²) in [7, 11) is 0. The largest absolute Gasteiger partial charge is 0.462 e. The van der Waals surface area contributed by atoms with Crippen LogP contribution in [-0.2, 0) is 16.1 Å². The molecule has 0 amide bonds. The second-order valence-corrected chi connectivity index (χ2v) is 4.91. The number of aryl methyl sites for hydroxylation is 1. The maximum absolute atomic E-state index is 11.2. The predicted molar refractivity (Wildman–Crippen MR) is 77.9 cm³/mol. The van der Waals surface area contributed by atoms with Gasteiger partial charge >= 0.3 is 5.97 Å². The maximum Gasteiger partial charge on any atom is 0.330 e. The van der Waals surface area contributed by atoms with Crippen LogP contribution in [0.15, 0.2) is 35.9 Å². The normalized spacial score (nSPS) is 10.1. The number of benzene rings is 1. The SMILES string of the molecule is CC(C)=CC(=O)OCCCNCc1cccc(C)c1. The molecule has 3 heteroatoms. The van der Waals surface area contributed by atoms with E-state index in [9.17, 15) is 4.79 Å². The van der Waals surface area contributed by atoms with Crippen molar-refractivity contribution >= 4 is 5.97 Å². The lowest BCUT2D eigenvalue weighted by molar-refractivity contribution is -0.137. The minimum Gasteiger partial charge on any atom is -0.462 e. The zero-order valence-corrected chi connectivity index (χ0v) is 12.0. The van der Waals surface area contributed by atoms with Crippen molar-refractivity contribution in [1.29, 1.82) is 0 Å².